The molecule has 0 N–H and O–H groups in total. The van der Waals surface area contributed by atoms with Crippen molar-refractivity contribution in [2.24, 2.45) is 5.92 Å². The van der Waals surface area contributed by atoms with Crippen molar-refractivity contribution < 1.29 is 4.79 Å². The molecule has 3 heteroatoms. The third-order valence-corrected chi connectivity index (χ3v) is 4.33. The van der Waals surface area contributed by atoms with E-state index in [0.717, 1.165) is 32.6 Å². The molecule has 3 rings (SSSR count). The van der Waals surface area contributed by atoms with Gasteiger partial charge in [-0.15, -0.1) is 12.3 Å². The van der Waals surface area contributed by atoms with Gasteiger partial charge in [0.25, 0.3) is 0 Å². The van der Waals surface area contributed by atoms with Crippen LogP contribution in [0.2, 0.25) is 0 Å². The Morgan fingerprint density at radius 2 is 2.05 bits per heavy atom. The molecule has 20 heavy (non-hydrogen) atoms. The molecule has 2 atom stereocenters. The molecule has 2 aliphatic rings. The van der Waals surface area contributed by atoms with Gasteiger partial charge in [-0.05, 0) is 12.0 Å². The van der Waals surface area contributed by atoms with E-state index >= 15 is 0 Å². The molecule has 0 spiro atoms. The van der Waals surface area contributed by atoms with Gasteiger partial charge in [-0.3, -0.25) is 9.69 Å². The van der Waals surface area contributed by atoms with Crippen LogP contribution in [0.4, 0.5) is 0 Å². The van der Waals surface area contributed by atoms with Crippen LogP contribution in [0.25, 0.3) is 0 Å². The summed E-state index contributed by atoms with van der Waals surface area (Å²) in [7, 11) is 0. The largest absolute Gasteiger partial charge is 0.337 e. The van der Waals surface area contributed by atoms with Crippen LogP contribution in [0.15, 0.2) is 30.3 Å². The highest BCUT2D eigenvalue weighted by atomic mass is 16.2. The number of terminal acetylenes is 1. The SMILES string of the molecule is C#CC1CC(=O)N(C2CCN(Cc3ccccc3)C2)C1. The number of hydrogen-bond donors (Lipinski definition) is 0. The van der Waals surface area contributed by atoms with E-state index in [2.05, 4.69) is 35.1 Å². The highest BCUT2D eigenvalue weighted by molar-refractivity contribution is 5.79. The van der Waals surface area contributed by atoms with Crippen molar-refractivity contribution in [1.29, 1.82) is 0 Å². The molecule has 1 aromatic rings. The molecule has 1 aromatic carbocycles. The molecule has 0 saturated carbocycles. The molecule has 1 amide bonds. The third kappa shape index (κ3) is 2.71. The number of nitrogens with zero attached hydrogens (tertiary/aromatic N) is 2. The maximum Gasteiger partial charge on any atom is 0.224 e. The zero-order chi connectivity index (χ0) is 13.9. The number of benzene rings is 1. The van der Waals surface area contributed by atoms with Gasteiger partial charge in [0.2, 0.25) is 5.91 Å². The second-order valence-corrected chi connectivity index (χ2v) is 5.78. The lowest BCUT2D eigenvalue weighted by Gasteiger charge is -2.24. The molecular weight excluding hydrogens is 248 g/mol. The first kappa shape index (κ1) is 13.2. The maximum atomic E-state index is 12.0. The number of likely N-dealkylation sites (tertiary alicyclic amines) is 2. The Morgan fingerprint density at radius 3 is 2.75 bits per heavy atom. The average Bonchev–Trinajstić information content (AvgIpc) is 3.06. The van der Waals surface area contributed by atoms with Crippen LogP contribution in [0, 0.1) is 18.3 Å². The van der Waals surface area contributed by atoms with Crippen LogP contribution in [-0.2, 0) is 11.3 Å². The normalized spacial score (nSPS) is 26.9. The number of hydrogen-bond acceptors (Lipinski definition) is 2. The summed E-state index contributed by atoms with van der Waals surface area (Å²) < 4.78 is 0. The Bertz CT molecular complexity index is 520. The van der Waals surface area contributed by atoms with E-state index < -0.39 is 0 Å². The number of amides is 1. The first-order valence-corrected chi connectivity index (χ1v) is 7.28. The minimum Gasteiger partial charge on any atom is -0.337 e. The van der Waals surface area contributed by atoms with Crippen molar-refractivity contribution in [3.63, 3.8) is 0 Å². The van der Waals surface area contributed by atoms with Gasteiger partial charge in [0.15, 0.2) is 0 Å². The molecule has 2 aliphatic heterocycles. The fraction of sp³-hybridized carbons (Fsp3) is 0.471. The number of carbonyl (C=O) groups is 1. The molecule has 0 aliphatic carbocycles. The van der Waals surface area contributed by atoms with E-state index in [1.165, 1.54) is 5.56 Å². The first-order valence-electron chi connectivity index (χ1n) is 7.28. The second-order valence-electron chi connectivity index (χ2n) is 5.78. The maximum absolute atomic E-state index is 12.0. The number of carbonyl (C=O) groups excluding carboxylic acids is 1. The van der Waals surface area contributed by atoms with Crippen molar-refractivity contribution in [2.45, 2.75) is 25.4 Å². The summed E-state index contributed by atoms with van der Waals surface area (Å²) in [6.45, 7) is 3.75. The van der Waals surface area contributed by atoms with E-state index in [-0.39, 0.29) is 11.8 Å². The van der Waals surface area contributed by atoms with Gasteiger partial charge in [0, 0.05) is 44.6 Å². The van der Waals surface area contributed by atoms with Crippen LogP contribution in [0.3, 0.4) is 0 Å². The van der Waals surface area contributed by atoms with E-state index in [0.29, 0.717) is 12.5 Å². The lowest BCUT2D eigenvalue weighted by molar-refractivity contribution is -0.129. The Balaban J connectivity index is 1.57. The van der Waals surface area contributed by atoms with Crippen LogP contribution in [0.5, 0.6) is 0 Å². The Labute approximate surface area is 120 Å². The molecule has 0 aromatic heterocycles. The van der Waals surface area contributed by atoms with Gasteiger partial charge in [-0.25, -0.2) is 0 Å². The monoisotopic (exact) mass is 268 g/mol. The summed E-state index contributed by atoms with van der Waals surface area (Å²) in [6, 6.07) is 10.9. The van der Waals surface area contributed by atoms with Crippen LogP contribution in [-0.4, -0.2) is 41.4 Å². The molecule has 0 bridgehead atoms. The van der Waals surface area contributed by atoms with Crippen LogP contribution < -0.4 is 0 Å². The summed E-state index contributed by atoms with van der Waals surface area (Å²) in [6.07, 6.45) is 7.05. The fourth-order valence-electron chi connectivity index (χ4n) is 3.25. The number of rotatable bonds is 3. The Morgan fingerprint density at radius 1 is 1.25 bits per heavy atom. The summed E-state index contributed by atoms with van der Waals surface area (Å²) in [5.41, 5.74) is 1.34. The van der Waals surface area contributed by atoms with Crippen molar-refractivity contribution in [2.75, 3.05) is 19.6 Å². The van der Waals surface area contributed by atoms with Gasteiger partial charge in [0.1, 0.15) is 0 Å². The summed E-state index contributed by atoms with van der Waals surface area (Å²) in [5.74, 6) is 3.07. The standard InChI is InChI=1S/C17H20N2O/c1-2-14-10-17(20)19(12-14)16-8-9-18(13-16)11-15-6-4-3-5-7-15/h1,3-7,14,16H,8-13H2. The molecule has 2 heterocycles. The van der Waals surface area contributed by atoms with Crippen molar-refractivity contribution in [1.82, 2.24) is 9.80 Å². The quantitative estimate of drug-likeness (QED) is 0.780. The van der Waals surface area contributed by atoms with Gasteiger partial charge < -0.3 is 4.90 Å². The molecule has 0 radical (unpaired) electrons. The van der Waals surface area contributed by atoms with Gasteiger partial charge in [-0.2, -0.15) is 0 Å². The van der Waals surface area contributed by atoms with Crippen LogP contribution in [0.1, 0.15) is 18.4 Å². The van der Waals surface area contributed by atoms with Gasteiger partial charge >= 0.3 is 0 Å². The van der Waals surface area contributed by atoms with Crippen LogP contribution >= 0.6 is 0 Å². The zero-order valence-corrected chi connectivity index (χ0v) is 11.7. The average molecular weight is 268 g/mol. The highest BCUT2D eigenvalue weighted by Gasteiger charge is 2.36. The van der Waals surface area contributed by atoms with Gasteiger partial charge in [-0.1, -0.05) is 30.3 Å². The van der Waals surface area contributed by atoms with E-state index in [9.17, 15) is 4.79 Å². The first-order chi connectivity index (χ1) is 9.76. The third-order valence-electron chi connectivity index (χ3n) is 4.33. The van der Waals surface area contributed by atoms with Crippen molar-refractivity contribution in [3.05, 3.63) is 35.9 Å². The molecule has 3 nitrogen and oxygen atoms in total. The Kier molecular flexibility index (Phi) is 3.75. The molecule has 104 valence electrons. The lowest BCUT2D eigenvalue weighted by atomic mass is 10.1. The highest BCUT2D eigenvalue weighted by Crippen LogP contribution is 2.25. The Hall–Kier alpha value is -1.79. The van der Waals surface area contributed by atoms with E-state index in [1.54, 1.807) is 0 Å². The second kappa shape index (κ2) is 5.68. The zero-order valence-electron chi connectivity index (χ0n) is 11.7. The molecular formula is C17H20N2O. The minimum atomic E-state index is 0.116. The van der Waals surface area contributed by atoms with Crippen molar-refractivity contribution >= 4 is 5.91 Å². The smallest absolute Gasteiger partial charge is 0.224 e. The van der Waals surface area contributed by atoms with Crippen molar-refractivity contribution in [3.8, 4) is 12.3 Å². The molecule has 2 unspecified atom stereocenters. The predicted molar refractivity (Wildman–Crippen MR) is 78.8 cm³/mol. The predicted octanol–water partition coefficient (Wildman–Crippen LogP) is 1.74. The summed E-state index contributed by atoms with van der Waals surface area (Å²) in [4.78, 5) is 16.4. The fourth-order valence-corrected chi connectivity index (χ4v) is 3.25. The molecule has 2 fully saturated rings. The van der Waals surface area contributed by atoms with E-state index in [4.69, 9.17) is 6.42 Å². The summed E-state index contributed by atoms with van der Waals surface area (Å²) >= 11 is 0. The summed E-state index contributed by atoms with van der Waals surface area (Å²) in [5, 5.41) is 0. The van der Waals surface area contributed by atoms with E-state index in [1.807, 2.05) is 11.0 Å². The lowest BCUT2D eigenvalue weighted by Crippen LogP contribution is -2.38. The van der Waals surface area contributed by atoms with Gasteiger partial charge in [0.05, 0.1) is 0 Å². The topological polar surface area (TPSA) is 23.6 Å². The minimum absolute atomic E-state index is 0.116. The molecule has 2 saturated heterocycles.